The van der Waals surface area contributed by atoms with Crippen molar-refractivity contribution < 1.29 is 24.2 Å². The second-order valence-electron chi connectivity index (χ2n) is 10.5. The molecule has 3 N–H and O–H groups in total. The number of rotatable bonds is 9. The minimum absolute atomic E-state index is 0.111. The minimum Gasteiger partial charge on any atom is -0.508 e. The van der Waals surface area contributed by atoms with Crippen molar-refractivity contribution >= 4 is 17.9 Å². The molecule has 1 aromatic rings. The molecule has 34 heavy (non-hydrogen) atoms. The van der Waals surface area contributed by atoms with Crippen molar-refractivity contribution in [2.45, 2.75) is 105 Å². The van der Waals surface area contributed by atoms with Crippen molar-refractivity contribution in [3.63, 3.8) is 0 Å². The van der Waals surface area contributed by atoms with Crippen molar-refractivity contribution in [2.24, 2.45) is 5.92 Å². The third-order valence-corrected chi connectivity index (χ3v) is 5.42. The molecular weight excluding hydrogens is 434 g/mol. The largest absolute Gasteiger partial charge is 0.508 e. The van der Waals surface area contributed by atoms with E-state index in [0.717, 1.165) is 0 Å². The standard InChI is InChI=1S/C26H43N3O5/c1-11-18(7)29(24(32)21(15(2)3)28-25(33)34-26(8,9)10)22(23(31)27-16(4)5)19-12-13-20(30)17(6)14-19/h12-16,18,21-22,30H,11H2,1-10H3,(H,27,31)(H,28,33). The van der Waals surface area contributed by atoms with Crippen LogP contribution >= 0.6 is 0 Å². The Morgan fingerprint density at radius 2 is 1.65 bits per heavy atom. The van der Waals surface area contributed by atoms with E-state index in [2.05, 4.69) is 10.6 Å². The molecule has 1 rings (SSSR count). The molecule has 3 atom stereocenters. The molecule has 0 bridgehead atoms. The number of nitrogens with one attached hydrogen (secondary N) is 2. The van der Waals surface area contributed by atoms with E-state index in [1.54, 1.807) is 44.7 Å². The molecule has 0 saturated heterocycles. The SMILES string of the molecule is CCC(C)N(C(=O)C(NC(=O)OC(C)(C)C)C(C)C)C(C(=O)NC(C)C)c1ccc(O)c(C)c1. The Morgan fingerprint density at radius 3 is 2.09 bits per heavy atom. The molecule has 0 aliphatic heterocycles. The number of hydrogen-bond acceptors (Lipinski definition) is 5. The second kappa shape index (κ2) is 12.1. The lowest BCUT2D eigenvalue weighted by atomic mass is 9.95. The van der Waals surface area contributed by atoms with E-state index in [-0.39, 0.29) is 35.6 Å². The van der Waals surface area contributed by atoms with Crippen LogP contribution < -0.4 is 10.6 Å². The molecule has 192 valence electrons. The van der Waals surface area contributed by atoms with Gasteiger partial charge in [-0.1, -0.05) is 26.8 Å². The van der Waals surface area contributed by atoms with Crippen LogP contribution in [0.15, 0.2) is 18.2 Å². The van der Waals surface area contributed by atoms with Crippen LogP contribution in [0.4, 0.5) is 4.79 Å². The summed E-state index contributed by atoms with van der Waals surface area (Å²) in [6.07, 6.45) is -0.0850. The Kier molecular flexibility index (Phi) is 10.4. The van der Waals surface area contributed by atoms with E-state index in [1.165, 1.54) is 6.07 Å². The lowest BCUT2D eigenvalue weighted by Crippen LogP contribution is -2.57. The number of nitrogens with zero attached hydrogens (tertiary/aromatic N) is 1. The molecule has 0 heterocycles. The van der Waals surface area contributed by atoms with Gasteiger partial charge in [0.15, 0.2) is 0 Å². The van der Waals surface area contributed by atoms with Crippen molar-refractivity contribution in [2.75, 3.05) is 0 Å². The average molecular weight is 478 g/mol. The first-order valence-corrected chi connectivity index (χ1v) is 12.0. The quantitative estimate of drug-likeness (QED) is 0.487. The number of amides is 3. The molecule has 0 saturated carbocycles. The molecule has 8 heteroatoms. The smallest absolute Gasteiger partial charge is 0.408 e. The summed E-state index contributed by atoms with van der Waals surface area (Å²) in [5.41, 5.74) is 0.472. The van der Waals surface area contributed by atoms with Crippen LogP contribution in [0.25, 0.3) is 0 Å². The lowest BCUT2D eigenvalue weighted by molar-refractivity contribution is -0.146. The van der Waals surface area contributed by atoms with Gasteiger partial charge in [-0.2, -0.15) is 0 Å². The van der Waals surface area contributed by atoms with Gasteiger partial charge in [-0.25, -0.2) is 4.79 Å². The molecule has 3 unspecified atom stereocenters. The molecule has 0 fully saturated rings. The predicted octanol–water partition coefficient (Wildman–Crippen LogP) is 4.44. The molecular formula is C26H43N3O5. The lowest BCUT2D eigenvalue weighted by Gasteiger charge is -2.39. The van der Waals surface area contributed by atoms with Gasteiger partial charge >= 0.3 is 6.09 Å². The summed E-state index contributed by atoms with van der Waals surface area (Å²) in [4.78, 5) is 41.5. The maximum Gasteiger partial charge on any atom is 0.408 e. The Bertz CT molecular complexity index is 860. The van der Waals surface area contributed by atoms with Gasteiger partial charge in [-0.05, 0) is 84.1 Å². The number of aryl methyl sites for hydroxylation is 1. The van der Waals surface area contributed by atoms with Crippen molar-refractivity contribution in [1.82, 2.24) is 15.5 Å². The number of phenolic OH excluding ortho intramolecular Hbond substituents is 1. The number of alkyl carbamates (subject to hydrolysis) is 1. The van der Waals surface area contributed by atoms with E-state index in [0.29, 0.717) is 17.5 Å². The van der Waals surface area contributed by atoms with Gasteiger partial charge < -0.3 is 25.4 Å². The van der Waals surface area contributed by atoms with Crippen molar-refractivity contribution in [1.29, 1.82) is 0 Å². The minimum atomic E-state index is -0.939. The fraction of sp³-hybridized carbons (Fsp3) is 0.654. The second-order valence-corrected chi connectivity index (χ2v) is 10.5. The first kappa shape index (κ1) is 29.3. The molecule has 0 aliphatic carbocycles. The Morgan fingerprint density at radius 1 is 1.06 bits per heavy atom. The van der Waals surface area contributed by atoms with Crippen LogP contribution in [0.5, 0.6) is 5.75 Å². The Balaban J connectivity index is 3.55. The molecule has 3 amide bonds. The van der Waals surface area contributed by atoms with Crippen LogP contribution in [0.3, 0.4) is 0 Å². The zero-order chi connectivity index (χ0) is 26.4. The zero-order valence-corrected chi connectivity index (χ0v) is 22.4. The number of aromatic hydroxyl groups is 1. The number of ether oxygens (including phenoxy) is 1. The molecule has 0 aromatic heterocycles. The van der Waals surface area contributed by atoms with Crippen LogP contribution in [0.1, 0.15) is 85.9 Å². The fourth-order valence-corrected chi connectivity index (χ4v) is 3.55. The third kappa shape index (κ3) is 8.22. The molecule has 0 radical (unpaired) electrons. The average Bonchev–Trinajstić information content (AvgIpc) is 2.69. The highest BCUT2D eigenvalue weighted by Crippen LogP contribution is 2.30. The van der Waals surface area contributed by atoms with Gasteiger partial charge in [0.2, 0.25) is 11.8 Å². The molecule has 8 nitrogen and oxygen atoms in total. The third-order valence-electron chi connectivity index (χ3n) is 5.42. The molecule has 1 aromatic carbocycles. The van der Waals surface area contributed by atoms with Crippen LogP contribution in [-0.2, 0) is 14.3 Å². The van der Waals surface area contributed by atoms with E-state index < -0.39 is 23.8 Å². The van der Waals surface area contributed by atoms with Gasteiger partial charge in [0, 0.05) is 12.1 Å². The first-order chi connectivity index (χ1) is 15.6. The van der Waals surface area contributed by atoms with Gasteiger partial charge in [0.05, 0.1) is 0 Å². The highest BCUT2D eigenvalue weighted by molar-refractivity contribution is 5.92. The van der Waals surface area contributed by atoms with E-state index in [1.807, 2.05) is 41.5 Å². The van der Waals surface area contributed by atoms with Crippen molar-refractivity contribution in [3.8, 4) is 5.75 Å². The summed E-state index contributed by atoms with van der Waals surface area (Å²) < 4.78 is 5.38. The number of carbonyl (C=O) groups excluding carboxylic acids is 3. The van der Waals surface area contributed by atoms with E-state index in [9.17, 15) is 19.5 Å². The molecule has 0 aliphatic rings. The first-order valence-electron chi connectivity index (χ1n) is 12.0. The number of carbonyl (C=O) groups is 3. The monoisotopic (exact) mass is 477 g/mol. The van der Waals surface area contributed by atoms with E-state index in [4.69, 9.17) is 4.74 Å². The highest BCUT2D eigenvalue weighted by atomic mass is 16.6. The number of phenols is 1. The van der Waals surface area contributed by atoms with Gasteiger partial charge in [0.25, 0.3) is 0 Å². The maximum absolute atomic E-state index is 14.0. The van der Waals surface area contributed by atoms with Crippen LogP contribution in [-0.4, -0.2) is 51.6 Å². The maximum atomic E-state index is 14.0. The summed E-state index contributed by atoms with van der Waals surface area (Å²) >= 11 is 0. The topological polar surface area (TPSA) is 108 Å². The van der Waals surface area contributed by atoms with Crippen LogP contribution in [0.2, 0.25) is 0 Å². The fourth-order valence-electron chi connectivity index (χ4n) is 3.55. The summed E-state index contributed by atoms with van der Waals surface area (Å²) in [5.74, 6) is -0.833. The van der Waals surface area contributed by atoms with Crippen LogP contribution in [0, 0.1) is 12.8 Å². The number of hydrogen-bond donors (Lipinski definition) is 3. The normalized spacial score (nSPS) is 14.4. The summed E-state index contributed by atoms with van der Waals surface area (Å²) in [5, 5.41) is 15.7. The van der Waals surface area contributed by atoms with Gasteiger partial charge in [-0.15, -0.1) is 0 Å². The van der Waals surface area contributed by atoms with Crippen molar-refractivity contribution in [3.05, 3.63) is 29.3 Å². The zero-order valence-electron chi connectivity index (χ0n) is 22.4. The predicted molar refractivity (Wildman–Crippen MR) is 133 cm³/mol. The van der Waals surface area contributed by atoms with Gasteiger partial charge in [-0.3, -0.25) is 9.59 Å². The van der Waals surface area contributed by atoms with E-state index >= 15 is 0 Å². The molecule has 0 spiro atoms. The number of benzene rings is 1. The highest BCUT2D eigenvalue weighted by Gasteiger charge is 2.39. The summed E-state index contributed by atoms with van der Waals surface area (Å²) in [6.45, 7) is 18.2. The Hall–Kier alpha value is -2.77. The van der Waals surface area contributed by atoms with Gasteiger partial charge in [0.1, 0.15) is 23.4 Å². The Labute approximate surface area is 204 Å². The summed E-state index contributed by atoms with van der Waals surface area (Å²) in [6, 6.07) is 2.63. The summed E-state index contributed by atoms with van der Waals surface area (Å²) in [7, 11) is 0.